The van der Waals surface area contributed by atoms with Crippen molar-refractivity contribution >= 4 is 5.91 Å². The van der Waals surface area contributed by atoms with Gasteiger partial charge in [0.15, 0.2) is 5.82 Å². The van der Waals surface area contributed by atoms with Crippen LogP contribution < -0.4 is 4.74 Å². The van der Waals surface area contributed by atoms with Crippen LogP contribution in [0, 0.1) is 6.92 Å². The third kappa shape index (κ3) is 4.07. The van der Waals surface area contributed by atoms with Crippen molar-refractivity contribution in [3.05, 3.63) is 41.5 Å². The molecule has 0 spiro atoms. The molecule has 156 valence electrons. The molecule has 2 heterocycles. The van der Waals surface area contributed by atoms with Gasteiger partial charge in [0.2, 0.25) is 5.91 Å². The second kappa shape index (κ2) is 7.33. The Kier molecular flexibility index (Phi) is 4.97. The second-order valence-electron chi connectivity index (χ2n) is 7.27. The third-order valence-electron chi connectivity index (χ3n) is 5.05. The van der Waals surface area contributed by atoms with Crippen LogP contribution in [0.1, 0.15) is 42.2 Å². The highest BCUT2D eigenvalue weighted by Crippen LogP contribution is 2.45. The minimum atomic E-state index is -4.45. The van der Waals surface area contributed by atoms with Crippen LogP contribution in [0.5, 0.6) is 5.75 Å². The van der Waals surface area contributed by atoms with Crippen molar-refractivity contribution in [1.29, 1.82) is 0 Å². The Labute approximate surface area is 165 Å². The van der Waals surface area contributed by atoms with E-state index in [4.69, 9.17) is 9.47 Å². The highest BCUT2D eigenvalue weighted by atomic mass is 19.4. The molecule has 1 aliphatic carbocycles. The van der Waals surface area contributed by atoms with Crippen LogP contribution in [0.4, 0.5) is 13.2 Å². The number of carbonyl (C=O) groups excluding carboxylic acids is 1. The molecule has 0 N–H and O–H groups in total. The molecule has 1 amide bonds. The van der Waals surface area contributed by atoms with E-state index in [2.05, 4.69) is 10.1 Å². The van der Waals surface area contributed by atoms with Crippen LogP contribution >= 0.6 is 0 Å². The lowest BCUT2D eigenvalue weighted by Gasteiger charge is -2.41. The van der Waals surface area contributed by atoms with E-state index in [0.29, 0.717) is 5.75 Å². The number of benzene rings is 1. The summed E-state index contributed by atoms with van der Waals surface area (Å²) in [5.41, 5.74) is 0.745. The average Bonchev–Trinajstić information content (AvgIpc) is 3.43. The van der Waals surface area contributed by atoms with Gasteiger partial charge in [-0.2, -0.15) is 18.3 Å². The summed E-state index contributed by atoms with van der Waals surface area (Å²) < 4.78 is 51.0. The van der Waals surface area contributed by atoms with Crippen LogP contribution in [0.15, 0.2) is 24.3 Å². The maximum absolute atomic E-state index is 13.1. The molecule has 7 nitrogen and oxygen atoms in total. The SMILES string of the molecule is COc1ccc([C@@H]2[C@@H](c3nc(C)nn3CC(F)(F)F)OCC(=O)N2C2CC2)cc1. The highest BCUT2D eigenvalue weighted by Gasteiger charge is 2.47. The maximum Gasteiger partial charge on any atom is 0.408 e. The predicted octanol–water partition coefficient (Wildman–Crippen LogP) is 2.96. The molecule has 2 fully saturated rings. The Morgan fingerprint density at radius 3 is 2.52 bits per heavy atom. The zero-order valence-corrected chi connectivity index (χ0v) is 16.0. The van der Waals surface area contributed by atoms with E-state index in [9.17, 15) is 18.0 Å². The number of alkyl halides is 3. The fraction of sp³-hybridized carbons (Fsp3) is 0.526. The van der Waals surface area contributed by atoms with Gasteiger partial charge in [-0.15, -0.1) is 0 Å². The Bertz CT molecular complexity index is 893. The molecule has 1 aliphatic heterocycles. The van der Waals surface area contributed by atoms with Crippen molar-refractivity contribution in [3.63, 3.8) is 0 Å². The number of morpholine rings is 1. The lowest BCUT2D eigenvalue weighted by Crippen LogP contribution is -2.47. The first-order chi connectivity index (χ1) is 13.8. The molecule has 2 aliphatic rings. The first-order valence-electron chi connectivity index (χ1n) is 9.31. The minimum absolute atomic E-state index is 0.0566. The molecule has 1 aromatic carbocycles. The number of aryl methyl sites for hydroxylation is 1. The Balaban J connectivity index is 1.77. The van der Waals surface area contributed by atoms with Gasteiger partial charge in [-0.25, -0.2) is 9.67 Å². The molecule has 1 aromatic heterocycles. The smallest absolute Gasteiger partial charge is 0.408 e. The summed E-state index contributed by atoms with van der Waals surface area (Å²) in [6.07, 6.45) is -3.59. The number of rotatable bonds is 5. The monoisotopic (exact) mass is 410 g/mol. The van der Waals surface area contributed by atoms with Crippen LogP contribution in [-0.2, 0) is 16.1 Å². The van der Waals surface area contributed by atoms with E-state index in [1.807, 2.05) is 0 Å². The molecule has 0 unspecified atom stereocenters. The maximum atomic E-state index is 13.1. The molecule has 4 rings (SSSR count). The van der Waals surface area contributed by atoms with E-state index in [0.717, 1.165) is 23.1 Å². The Morgan fingerprint density at radius 2 is 1.93 bits per heavy atom. The average molecular weight is 410 g/mol. The molecule has 10 heteroatoms. The van der Waals surface area contributed by atoms with E-state index < -0.39 is 24.9 Å². The Hall–Kier alpha value is -2.62. The zero-order valence-electron chi connectivity index (χ0n) is 16.0. The molecule has 1 saturated heterocycles. The number of amides is 1. The number of ether oxygens (including phenoxy) is 2. The molecule has 0 bridgehead atoms. The first kappa shape index (κ1) is 19.7. The van der Waals surface area contributed by atoms with Gasteiger partial charge in [0.05, 0.1) is 13.2 Å². The first-order valence-corrected chi connectivity index (χ1v) is 9.31. The molecule has 29 heavy (non-hydrogen) atoms. The van der Waals surface area contributed by atoms with E-state index in [1.165, 1.54) is 6.92 Å². The number of halogens is 3. The van der Waals surface area contributed by atoms with Gasteiger partial charge in [0, 0.05) is 6.04 Å². The van der Waals surface area contributed by atoms with Crippen molar-refractivity contribution < 1.29 is 27.4 Å². The number of methoxy groups -OCH3 is 1. The van der Waals surface area contributed by atoms with Crippen molar-refractivity contribution in [2.45, 2.75) is 50.7 Å². The molecule has 1 saturated carbocycles. The lowest BCUT2D eigenvalue weighted by molar-refractivity contribution is -0.163. The summed E-state index contributed by atoms with van der Waals surface area (Å²) in [4.78, 5) is 18.6. The molecule has 0 radical (unpaired) electrons. The van der Waals surface area contributed by atoms with Crippen molar-refractivity contribution in [1.82, 2.24) is 19.7 Å². The molecule has 2 atom stereocenters. The summed E-state index contributed by atoms with van der Waals surface area (Å²) in [6, 6.07) is 6.56. The van der Waals surface area contributed by atoms with Gasteiger partial charge >= 0.3 is 6.18 Å². The second-order valence-corrected chi connectivity index (χ2v) is 7.27. The van der Waals surface area contributed by atoms with Gasteiger partial charge in [-0.1, -0.05) is 12.1 Å². The van der Waals surface area contributed by atoms with E-state index in [-0.39, 0.29) is 30.2 Å². The molecular formula is C19H21F3N4O3. The predicted molar refractivity (Wildman–Crippen MR) is 95.1 cm³/mol. The highest BCUT2D eigenvalue weighted by molar-refractivity contribution is 5.79. The topological polar surface area (TPSA) is 69.5 Å². The Morgan fingerprint density at radius 1 is 1.24 bits per heavy atom. The normalized spacial score (nSPS) is 22.8. The fourth-order valence-electron chi connectivity index (χ4n) is 3.73. The minimum Gasteiger partial charge on any atom is -0.497 e. The van der Waals surface area contributed by atoms with E-state index >= 15 is 0 Å². The third-order valence-corrected chi connectivity index (χ3v) is 5.05. The van der Waals surface area contributed by atoms with Crippen molar-refractivity contribution in [2.75, 3.05) is 13.7 Å². The molecular weight excluding hydrogens is 389 g/mol. The quantitative estimate of drug-likeness (QED) is 0.758. The number of nitrogens with zero attached hydrogens (tertiary/aromatic N) is 4. The number of carbonyl (C=O) groups is 1. The summed E-state index contributed by atoms with van der Waals surface area (Å²) in [7, 11) is 1.55. The van der Waals surface area contributed by atoms with Crippen LogP contribution in [0.3, 0.4) is 0 Å². The number of hydrogen-bond acceptors (Lipinski definition) is 5. The largest absolute Gasteiger partial charge is 0.497 e. The van der Waals surface area contributed by atoms with E-state index in [1.54, 1.807) is 36.3 Å². The van der Waals surface area contributed by atoms with Gasteiger partial charge in [-0.3, -0.25) is 4.79 Å². The fourth-order valence-corrected chi connectivity index (χ4v) is 3.73. The van der Waals surface area contributed by atoms with Crippen LogP contribution in [0.25, 0.3) is 0 Å². The van der Waals surface area contributed by atoms with Crippen molar-refractivity contribution in [3.8, 4) is 5.75 Å². The standard InChI is InChI=1S/C19H21F3N4O3/c1-11-23-18(25(24-11)10-19(20,21)22)17-16(12-3-7-14(28-2)8-4-12)26(13-5-6-13)15(27)9-29-17/h3-4,7-8,13,16-17H,5-6,9-10H2,1-2H3/t16-,17+/m1/s1. The number of hydrogen-bond donors (Lipinski definition) is 0. The summed E-state index contributed by atoms with van der Waals surface area (Å²) >= 11 is 0. The summed E-state index contributed by atoms with van der Waals surface area (Å²) in [6.45, 7) is 0.0624. The van der Waals surface area contributed by atoms with Gasteiger partial charge in [0.1, 0.15) is 30.8 Å². The lowest BCUT2D eigenvalue weighted by atomic mass is 9.96. The summed E-state index contributed by atoms with van der Waals surface area (Å²) in [5, 5.41) is 3.91. The molecule has 2 aromatic rings. The van der Waals surface area contributed by atoms with Gasteiger partial charge < -0.3 is 14.4 Å². The van der Waals surface area contributed by atoms with Crippen LogP contribution in [-0.4, -0.2) is 51.5 Å². The van der Waals surface area contributed by atoms with Crippen molar-refractivity contribution in [2.24, 2.45) is 0 Å². The van der Waals surface area contributed by atoms with Gasteiger partial charge in [0.25, 0.3) is 0 Å². The summed E-state index contributed by atoms with van der Waals surface area (Å²) in [5.74, 6) is 0.751. The van der Waals surface area contributed by atoms with Gasteiger partial charge in [-0.05, 0) is 37.5 Å². The van der Waals surface area contributed by atoms with Crippen LogP contribution in [0.2, 0.25) is 0 Å². The zero-order chi connectivity index (χ0) is 20.8. The number of aromatic nitrogens is 3.